The Labute approximate surface area is 185 Å². The van der Waals surface area contributed by atoms with E-state index in [0.717, 1.165) is 67.1 Å². The smallest absolute Gasteiger partial charge is 0.155 e. The molecule has 1 saturated heterocycles. The molecule has 5 heterocycles. The zero-order valence-electron chi connectivity index (χ0n) is 17.4. The number of pyridine rings is 2. The minimum atomic E-state index is 0.352. The van der Waals surface area contributed by atoms with Gasteiger partial charge in [0.1, 0.15) is 5.52 Å². The van der Waals surface area contributed by atoms with E-state index in [0.29, 0.717) is 10.4 Å². The summed E-state index contributed by atoms with van der Waals surface area (Å²) in [6.07, 6.45) is 11.8. The van der Waals surface area contributed by atoms with Gasteiger partial charge in [0, 0.05) is 42.9 Å². The van der Waals surface area contributed by atoms with Crippen LogP contribution in [-0.4, -0.2) is 37.7 Å². The minimum Gasteiger partial charge on any atom is -0.355 e. The molecule has 6 rings (SSSR count). The van der Waals surface area contributed by atoms with Crippen LogP contribution in [0.2, 0.25) is 5.02 Å². The molecule has 0 saturated carbocycles. The molecule has 0 aromatic carbocycles. The van der Waals surface area contributed by atoms with Crippen LogP contribution in [0.5, 0.6) is 0 Å². The maximum Gasteiger partial charge on any atom is 0.155 e. The number of anilines is 1. The zero-order chi connectivity index (χ0) is 21.0. The number of halogens is 1. The van der Waals surface area contributed by atoms with Gasteiger partial charge in [-0.05, 0) is 61.8 Å². The van der Waals surface area contributed by atoms with Crippen molar-refractivity contribution in [1.82, 2.24) is 24.6 Å². The Balaban J connectivity index is 1.32. The highest BCUT2D eigenvalue weighted by Crippen LogP contribution is 2.44. The monoisotopic (exact) mass is 430 g/mol. The zero-order valence-corrected chi connectivity index (χ0v) is 18.2. The first-order chi connectivity index (χ1) is 15.1. The van der Waals surface area contributed by atoms with Gasteiger partial charge in [0.15, 0.2) is 5.82 Å². The van der Waals surface area contributed by atoms with Crippen LogP contribution in [0.4, 0.5) is 5.82 Å². The molecule has 0 N–H and O–H groups in total. The van der Waals surface area contributed by atoms with Gasteiger partial charge < -0.3 is 4.90 Å². The summed E-state index contributed by atoms with van der Waals surface area (Å²) in [5.74, 6) is 1.01. The molecule has 156 valence electrons. The first-order valence-electron chi connectivity index (χ1n) is 10.7. The average molecular weight is 431 g/mol. The molecule has 6 nitrogen and oxygen atoms in total. The van der Waals surface area contributed by atoms with Crippen molar-refractivity contribution in [3.05, 3.63) is 71.0 Å². The van der Waals surface area contributed by atoms with E-state index in [-0.39, 0.29) is 0 Å². The SMILES string of the molecule is Cc1nc(N2CCC3(CC2)Cc2cccnc2C3)c2ccnn2c1-c1cncc(Cl)c1. The Kier molecular flexibility index (Phi) is 4.25. The molecule has 1 spiro atoms. The van der Waals surface area contributed by atoms with Crippen molar-refractivity contribution in [1.29, 1.82) is 0 Å². The van der Waals surface area contributed by atoms with Crippen molar-refractivity contribution in [2.75, 3.05) is 18.0 Å². The number of rotatable bonds is 2. The van der Waals surface area contributed by atoms with Crippen LogP contribution in [0.15, 0.2) is 49.1 Å². The first-order valence-corrected chi connectivity index (χ1v) is 11.1. The highest BCUT2D eigenvalue weighted by Gasteiger charge is 2.41. The lowest BCUT2D eigenvalue weighted by molar-refractivity contribution is 0.231. The summed E-state index contributed by atoms with van der Waals surface area (Å²) in [5.41, 5.74) is 6.88. The van der Waals surface area contributed by atoms with E-state index in [2.05, 4.69) is 32.1 Å². The van der Waals surface area contributed by atoms with Crippen molar-refractivity contribution < 1.29 is 0 Å². The highest BCUT2D eigenvalue weighted by atomic mass is 35.5. The van der Waals surface area contributed by atoms with Gasteiger partial charge >= 0.3 is 0 Å². The third-order valence-electron chi connectivity index (χ3n) is 6.89. The third kappa shape index (κ3) is 3.08. The summed E-state index contributed by atoms with van der Waals surface area (Å²) in [5, 5.41) is 5.22. The Morgan fingerprint density at radius 3 is 2.74 bits per heavy atom. The van der Waals surface area contributed by atoms with Gasteiger partial charge in [0.25, 0.3) is 0 Å². The molecule has 0 radical (unpaired) electrons. The van der Waals surface area contributed by atoms with Gasteiger partial charge in [-0.15, -0.1) is 0 Å². The number of hydrogen-bond acceptors (Lipinski definition) is 5. The highest BCUT2D eigenvalue weighted by molar-refractivity contribution is 6.30. The van der Waals surface area contributed by atoms with Crippen LogP contribution in [0.3, 0.4) is 0 Å². The van der Waals surface area contributed by atoms with E-state index in [1.165, 1.54) is 11.3 Å². The molecule has 31 heavy (non-hydrogen) atoms. The Morgan fingerprint density at radius 1 is 1.06 bits per heavy atom. The fourth-order valence-corrected chi connectivity index (χ4v) is 5.51. The molecule has 0 atom stereocenters. The topological polar surface area (TPSA) is 59.2 Å². The first kappa shape index (κ1) is 18.8. The molecule has 1 fully saturated rings. The molecule has 0 bridgehead atoms. The lowest BCUT2D eigenvalue weighted by Crippen LogP contribution is -2.41. The van der Waals surface area contributed by atoms with Crippen molar-refractivity contribution in [3.8, 4) is 11.3 Å². The summed E-state index contributed by atoms with van der Waals surface area (Å²) in [6.45, 7) is 4.03. The van der Waals surface area contributed by atoms with E-state index >= 15 is 0 Å². The Bertz CT molecular complexity index is 1260. The van der Waals surface area contributed by atoms with Crippen LogP contribution in [-0.2, 0) is 12.8 Å². The number of hydrogen-bond donors (Lipinski definition) is 0. The van der Waals surface area contributed by atoms with Gasteiger partial charge in [-0.2, -0.15) is 5.10 Å². The molecule has 0 unspecified atom stereocenters. The lowest BCUT2D eigenvalue weighted by Gasteiger charge is -2.40. The summed E-state index contributed by atoms with van der Waals surface area (Å²) in [4.78, 5) is 16.3. The number of aryl methyl sites for hydroxylation is 1. The van der Waals surface area contributed by atoms with Gasteiger partial charge in [-0.25, -0.2) is 9.50 Å². The summed E-state index contributed by atoms with van der Waals surface area (Å²) in [7, 11) is 0. The number of nitrogens with zero attached hydrogens (tertiary/aromatic N) is 6. The van der Waals surface area contributed by atoms with Crippen LogP contribution in [0.1, 0.15) is 29.8 Å². The lowest BCUT2D eigenvalue weighted by atomic mass is 9.76. The van der Waals surface area contributed by atoms with Crippen LogP contribution < -0.4 is 4.90 Å². The maximum absolute atomic E-state index is 6.19. The van der Waals surface area contributed by atoms with Crippen molar-refractivity contribution >= 4 is 22.9 Å². The predicted octanol–water partition coefficient (Wildman–Crippen LogP) is 4.53. The molecule has 4 aromatic heterocycles. The quantitative estimate of drug-likeness (QED) is 0.467. The number of fused-ring (bicyclic) bond motifs is 2. The van der Waals surface area contributed by atoms with Gasteiger partial charge in [-0.1, -0.05) is 17.7 Å². The normalized spacial score (nSPS) is 17.4. The van der Waals surface area contributed by atoms with E-state index in [9.17, 15) is 0 Å². The number of piperidine rings is 1. The Hall–Kier alpha value is -2.99. The second kappa shape index (κ2) is 7.02. The van der Waals surface area contributed by atoms with Gasteiger partial charge in [0.2, 0.25) is 0 Å². The second-order valence-corrected chi connectivity index (χ2v) is 9.28. The van der Waals surface area contributed by atoms with Crippen molar-refractivity contribution in [2.24, 2.45) is 5.41 Å². The summed E-state index contributed by atoms with van der Waals surface area (Å²) >= 11 is 6.19. The second-order valence-electron chi connectivity index (χ2n) is 8.84. The van der Waals surface area contributed by atoms with E-state index < -0.39 is 0 Å². The molecule has 7 heteroatoms. The molecule has 1 aliphatic heterocycles. The largest absolute Gasteiger partial charge is 0.355 e. The maximum atomic E-state index is 6.19. The van der Waals surface area contributed by atoms with E-state index in [1.54, 1.807) is 6.20 Å². The van der Waals surface area contributed by atoms with E-state index in [4.69, 9.17) is 16.6 Å². The van der Waals surface area contributed by atoms with Crippen LogP contribution in [0.25, 0.3) is 16.8 Å². The molecule has 2 aliphatic rings. The van der Waals surface area contributed by atoms with Gasteiger partial charge in [0.05, 0.1) is 22.6 Å². The van der Waals surface area contributed by atoms with Crippen LogP contribution >= 0.6 is 11.6 Å². The van der Waals surface area contributed by atoms with Crippen molar-refractivity contribution in [3.63, 3.8) is 0 Å². The van der Waals surface area contributed by atoms with Gasteiger partial charge in [-0.3, -0.25) is 9.97 Å². The molecule has 0 amide bonds. The number of aromatic nitrogens is 5. The van der Waals surface area contributed by atoms with E-state index in [1.807, 2.05) is 42.2 Å². The standard InChI is InChI=1S/C24H23ClN6/c1-16-22(18-11-19(25)15-26-14-18)31-21(4-8-28-31)23(29-16)30-9-5-24(6-10-30)12-17-3-2-7-27-20(17)13-24/h2-4,7-8,11,14-15H,5-6,9-10,12-13H2,1H3. The molecule has 1 aliphatic carbocycles. The minimum absolute atomic E-state index is 0.352. The fraction of sp³-hybridized carbons (Fsp3) is 0.333. The average Bonchev–Trinajstić information content (AvgIpc) is 3.38. The predicted molar refractivity (Wildman–Crippen MR) is 121 cm³/mol. The van der Waals surface area contributed by atoms with Crippen molar-refractivity contribution in [2.45, 2.75) is 32.6 Å². The molecular formula is C24H23ClN6. The fourth-order valence-electron chi connectivity index (χ4n) is 5.34. The molecular weight excluding hydrogens is 408 g/mol. The van der Waals surface area contributed by atoms with Crippen LogP contribution in [0, 0.1) is 12.3 Å². The third-order valence-corrected chi connectivity index (χ3v) is 7.10. The summed E-state index contributed by atoms with van der Waals surface area (Å²) in [6, 6.07) is 8.26. The summed E-state index contributed by atoms with van der Waals surface area (Å²) < 4.78 is 1.98. The molecule has 4 aromatic rings. The Morgan fingerprint density at radius 2 is 1.94 bits per heavy atom.